The van der Waals surface area contributed by atoms with Gasteiger partial charge in [-0.2, -0.15) is 0 Å². The molecule has 0 unspecified atom stereocenters. The Morgan fingerprint density at radius 2 is 1.83 bits per heavy atom. The van der Waals surface area contributed by atoms with Crippen LogP contribution in [0.4, 0.5) is 0 Å². The second-order valence-corrected chi connectivity index (χ2v) is 7.91. The van der Waals surface area contributed by atoms with Gasteiger partial charge in [0.25, 0.3) is 0 Å². The van der Waals surface area contributed by atoms with Crippen LogP contribution in [0.25, 0.3) is 0 Å². The number of Topliss-reactive ketones (excluding diaryl/α,β-unsaturated/α-hetero) is 1. The average molecular weight is 410 g/mol. The van der Waals surface area contributed by atoms with Crippen LogP contribution in [0, 0.1) is 0 Å². The summed E-state index contributed by atoms with van der Waals surface area (Å²) >= 11 is 1.40. The third-order valence-corrected chi connectivity index (χ3v) is 6.13. The van der Waals surface area contributed by atoms with Gasteiger partial charge in [-0.15, -0.1) is 10.2 Å². The molecule has 2 aromatic carbocycles. The van der Waals surface area contributed by atoms with Crippen LogP contribution in [-0.2, 0) is 26.5 Å². The van der Waals surface area contributed by atoms with Crippen LogP contribution < -0.4 is 9.47 Å². The first-order valence-corrected chi connectivity index (χ1v) is 10.6. The van der Waals surface area contributed by atoms with Crippen molar-refractivity contribution in [3.05, 3.63) is 65.0 Å². The molecule has 1 heterocycles. The Balaban J connectivity index is 1.34. The summed E-state index contributed by atoms with van der Waals surface area (Å²) in [5, 5.41) is 9.10. The largest absolute Gasteiger partial charge is 0.497 e. The number of rotatable bonds is 8. The molecular weight excluding hydrogens is 386 g/mol. The van der Waals surface area contributed by atoms with Gasteiger partial charge in [0, 0.05) is 12.6 Å². The molecular formula is C22H23N3O3S. The molecule has 6 nitrogen and oxygen atoms in total. The normalized spacial score (nSPS) is 12.6. The number of carbonyl (C=O) groups is 1. The standard InChI is InChI=1S/C22H23N3O3S/c1-25-21(13-28-19-10-8-18(27-2)9-11-19)23-24-22(25)29-14-20(26)17-7-6-15-4-3-5-16(15)12-17/h6-12H,3-5,13-14H2,1-2H3. The van der Waals surface area contributed by atoms with Crippen LogP contribution in [0.1, 0.15) is 33.7 Å². The maximum absolute atomic E-state index is 12.6. The van der Waals surface area contributed by atoms with Crippen molar-refractivity contribution in [2.45, 2.75) is 31.0 Å². The first kappa shape index (κ1) is 19.5. The fraction of sp³-hybridized carbons (Fsp3) is 0.318. The summed E-state index contributed by atoms with van der Waals surface area (Å²) in [6.45, 7) is 0.301. The van der Waals surface area contributed by atoms with E-state index in [1.54, 1.807) is 7.11 Å². The number of hydrogen-bond acceptors (Lipinski definition) is 6. The number of carbonyl (C=O) groups excluding carboxylic acids is 1. The molecule has 0 amide bonds. The lowest BCUT2D eigenvalue weighted by Crippen LogP contribution is -2.06. The maximum atomic E-state index is 12.6. The molecule has 3 aromatic rings. The van der Waals surface area contributed by atoms with E-state index in [0.717, 1.165) is 29.9 Å². The van der Waals surface area contributed by atoms with E-state index in [-0.39, 0.29) is 5.78 Å². The topological polar surface area (TPSA) is 66.2 Å². The monoisotopic (exact) mass is 409 g/mol. The predicted molar refractivity (Wildman–Crippen MR) is 112 cm³/mol. The molecule has 0 aliphatic heterocycles. The minimum atomic E-state index is 0.115. The van der Waals surface area contributed by atoms with Crippen molar-refractivity contribution in [3.63, 3.8) is 0 Å². The van der Waals surface area contributed by atoms with E-state index in [2.05, 4.69) is 22.3 Å². The minimum Gasteiger partial charge on any atom is -0.497 e. The maximum Gasteiger partial charge on any atom is 0.191 e. The van der Waals surface area contributed by atoms with Crippen LogP contribution in [0.15, 0.2) is 47.6 Å². The summed E-state index contributed by atoms with van der Waals surface area (Å²) < 4.78 is 12.8. The van der Waals surface area contributed by atoms with Gasteiger partial charge in [-0.3, -0.25) is 4.79 Å². The van der Waals surface area contributed by atoms with Gasteiger partial charge >= 0.3 is 0 Å². The van der Waals surface area contributed by atoms with E-state index in [1.807, 2.05) is 41.9 Å². The van der Waals surface area contributed by atoms with E-state index < -0.39 is 0 Å². The SMILES string of the molecule is COc1ccc(OCc2nnc(SCC(=O)c3ccc4c(c3)CCC4)n2C)cc1. The van der Waals surface area contributed by atoms with E-state index in [1.165, 1.54) is 29.3 Å². The van der Waals surface area contributed by atoms with Crippen molar-refractivity contribution in [1.29, 1.82) is 0 Å². The number of benzene rings is 2. The Bertz CT molecular complexity index is 1010. The first-order valence-electron chi connectivity index (χ1n) is 9.57. The quantitative estimate of drug-likeness (QED) is 0.416. The molecule has 0 saturated heterocycles. The highest BCUT2D eigenvalue weighted by molar-refractivity contribution is 7.99. The van der Waals surface area contributed by atoms with Crippen molar-refractivity contribution in [1.82, 2.24) is 14.8 Å². The zero-order valence-corrected chi connectivity index (χ0v) is 17.4. The van der Waals surface area contributed by atoms with Crippen LogP contribution in [0.3, 0.4) is 0 Å². The fourth-order valence-electron chi connectivity index (χ4n) is 3.37. The zero-order chi connectivity index (χ0) is 20.2. The number of aryl methyl sites for hydroxylation is 2. The summed E-state index contributed by atoms with van der Waals surface area (Å²) in [7, 11) is 3.51. The average Bonchev–Trinajstić information content (AvgIpc) is 3.36. The summed E-state index contributed by atoms with van der Waals surface area (Å²) in [6, 6.07) is 13.5. The summed E-state index contributed by atoms with van der Waals surface area (Å²) in [6.07, 6.45) is 3.38. The van der Waals surface area contributed by atoms with E-state index in [9.17, 15) is 4.79 Å². The molecule has 7 heteroatoms. The third kappa shape index (κ3) is 4.45. The minimum absolute atomic E-state index is 0.115. The van der Waals surface area contributed by atoms with Gasteiger partial charge in [-0.25, -0.2) is 0 Å². The Hall–Kier alpha value is -2.80. The van der Waals surface area contributed by atoms with Gasteiger partial charge in [0.1, 0.15) is 18.1 Å². The number of hydrogen-bond donors (Lipinski definition) is 0. The molecule has 4 rings (SSSR count). The van der Waals surface area contributed by atoms with Gasteiger partial charge in [0.2, 0.25) is 0 Å². The lowest BCUT2D eigenvalue weighted by molar-refractivity contribution is 0.102. The molecule has 0 saturated carbocycles. The number of ketones is 1. The second-order valence-electron chi connectivity index (χ2n) is 6.97. The van der Waals surface area contributed by atoms with Crippen LogP contribution >= 0.6 is 11.8 Å². The van der Waals surface area contributed by atoms with Crippen molar-refractivity contribution >= 4 is 17.5 Å². The van der Waals surface area contributed by atoms with Gasteiger partial charge in [-0.1, -0.05) is 23.9 Å². The lowest BCUT2D eigenvalue weighted by atomic mass is 10.0. The van der Waals surface area contributed by atoms with E-state index in [4.69, 9.17) is 9.47 Å². The first-order chi connectivity index (χ1) is 14.1. The van der Waals surface area contributed by atoms with Crippen LogP contribution in [0.5, 0.6) is 11.5 Å². The number of aromatic nitrogens is 3. The molecule has 0 atom stereocenters. The van der Waals surface area contributed by atoms with Crippen molar-refractivity contribution in [2.24, 2.45) is 7.05 Å². The number of nitrogens with zero attached hydrogens (tertiary/aromatic N) is 3. The molecule has 0 spiro atoms. The van der Waals surface area contributed by atoms with Crippen LogP contribution in [-0.4, -0.2) is 33.4 Å². The van der Waals surface area contributed by atoms with Gasteiger partial charge in [0.15, 0.2) is 16.8 Å². The summed E-state index contributed by atoms with van der Waals surface area (Å²) in [4.78, 5) is 12.6. The number of methoxy groups -OCH3 is 1. The van der Waals surface area contributed by atoms with Gasteiger partial charge in [-0.05, 0) is 60.7 Å². The Kier molecular flexibility index (Phi) is 5.85. The number of fused-ring (bicyclic) bond motifs is 1. The lowest BCUT2D eigenvalue weighted by Gasteiger charge is -2.07. The van der Waals surface area contributed by atoms with E-state index >= 15 is 0 Å². The van der Waals surface area contributed by atoms with Crippen molar-refractivity contribution < 1.29 is 14.3 Å². The van der Waals surface area contributed by atoms with Gasteiger partial charge in [0.05, 0.1) is 12.9 Å². The highest BCUT2D eigenvalue weighted by Gasteiger charge is 2.16. The number of ether oxygens (including phenoxy) is 2. The molecule has 0 bridgehead atoms. The molecule has 29 heavy (non-hydrogen) atoms. The second kappa shape index (κ2) is 8.69. The molecule has 150 valence electrons. The summed E-state index contributed by atoms with van der Waals surface area (Å²) in [5.41, 5.74) is 3.48. The molecule has 0 N–H and O–H groups in total. The van der Waals surface area contributed by atoms with Crippen molar-refractivity contribution in [2.75, 3.05) is 12.9 Å². The number of thioether (sulfide) groups is 1. The molecule has 1 aliphatic carbocycles. The summed E-state index contributed by atoms with van der Waals surface area (Å²) in [5.74, 6) is 2.67. The highest BCUT2D eigenvalue weighted by Crippen LogP contribution is 2.25. The third-order valence-electron chi connectivity index (χ3n) is 5.11. The molecule has 1 aromatic heterocycles. The Morgan fingerprint density at radius 3 is 2.62 bits per heavy atom. The van der Waals surface area contributed by atoms with Crippen LogP contribution in [0.2, 0.25) is 0 Å². The molecule has 0 radical (unpaired) electrons. The predicted octanol–water partition coefficient (Wildman–Crippen LogP) is 3.87. The van der Waals surface area contributed by atoms with Crippen molar-refractivity contribution in [3.8, 4) is 11.5 Å². The Morgan fingerprint density at radius 1 is 1.07 bits per heavy atom. The van der Waals surface area contributed by atoms with Gasteiger partial charge < -0.3 is 14.0 Å². The molecule has 0 fully saturated rings. The fourth-order valence-corrected chi connectivity index (χ4v) is 4.20. The molecule has 1 aliphatic rings. The Labute approximate surface area is 174 Å². The van der Waals surface area contributed by atoms with E-state index in [0.29, 0.717) is 23.3 Å². The smallest absolute Gasteiger partial charge is 0.191 e. The highest BCUT2D eigenvalue weighted by atomic mass is 32.2. The zero-order valence-electron chi connectivity index (χ0n) is 16.6.